The monoisotopic (exact) mass is 466 g/mol. The second kappa shape index (κ2) is 12.2. The van der Waals surface area contributed by atoms with E-state index in [4.69, 9.17) is 9.47 Å². The number of carbonyl (C=O) groups is 1. The van der Waals surface area contributed by atoms with Gasteiger partial charge in [-0.15, -0.1) is 0 Å². The Labute approximate surface area is 203 Å². The Bertz CT molecular complexity index is 928. The topological polar surface area (TPSA) is 58.1 Å². The molecular formula is C27H38N4O3. The van der Waals surface area contributed by atoms with Gasteiger partial charge in [0.1, 0.15) is 0 Å². The number of fused-ring (bicyclic) bond motifs is 2. The smallest absolute Gasteiger partial charge is 0.236 e. The van der Waals surface area contributed by atoms with E-state index in [0.29, 0.717) is 37.4 Å². The molecule has 2 aromatic rings. The molecule has 0 atom stereocenters. The highest BCUT2D eigenvalue weighted by atomic mass is 16.5. The minimum absolute atomic E-state index is 0.217. The van der Waals surface area contributed by atoms with Gasteiger partial charge in [0.25, 0.3) is 0 Å². The molecule has 34 heavy (non-hydrogen) atoms. The fourth-order valence-electron chi connectivity index (χ4n) is 4.60. The van der Waals surface area contributed by atoms with Gasteiger partial charge in [0.2, 0.25) is 11.8 Å². The van der Waals surface area contributed by atoms with Crippen molar-refractivity contribution in [2.45, 2.75) is 52.1 Å². The molecule has 0 unspecified atom stereocenters. The molecule has 0 saturated carbocycles. The van der Waals surface area contributed by atoms with Gasteiger partial charge in [-0.3, -0.25) is 14.6 Å². The van der Waals surface area contributed by atoms with Gasteiger partial charge < -0.3 is 14.4 Å². The van der Waals surface area contributed by atoms with Crippen LogP contribution in [0.2, 0.25) is 0 Å². The maximum Gasteiger partial charge on any atom is 0.236 e. The Morgan fingerprint density at radius 1 is 0.941 bits per heavy atom. The zero-order chi connectivity index (χ0) is 23.8. The number of carbonyl (C=O) groups excluding carboxylic acids is 1. The summed E-state index contributed by atoms with van der Waals surface area (Å²) in [5, 5.41) is 0. The van der Waals surface area contributed by atoms with Crippen molar-refractivity contribution in [2.24, 2.45) is 0 Å². The van der Waals surface area contributed by atoms with E-state index in [2.05, 4.69) is 28.6 Å². The van der Waals surface area contributed by atoms with E-state index in [-0.39, 0.29) is 5.91 Å². The maximum atomic E-state index is 13.2. The van der Waals surface area contributed by atoms with Crippen molar-refractivity contribution in [3.8, 4) is 17.4 Å². The van der Waals surface area contributed by atoms with Crippen LogP contribution in [0.25, 0.3) is 0 Å². The Morgan fingerprint density at radius 2 is 1.71 bits per heavy atom. The molecule has 7 nitrogen and oxygen atoms in total. The summed E-state index contributed by atoms with van der Waals surface area (Å²) >= 11 is 0. The van der Waals surface area contributed by atoms with Crippen LogP contribution in [-0.4, -0.2) is 77.5 Å². The summed E-state index contributed by atoms with van der Waals surface area (Å²) in [6.07, 6.45) is 6.04. The molecule has 4 rings (SSSR count). The van der Waals surface area contributed by atoms with E-state index in [1.807, 2.05) is 41.3 Å². The summed E-state index contributed by atoms with van der Waals surface area (Å²) in [4.78, 5) is 24.4. The van der Waals surface area contributed by atoms with Crippen molar-refractivity contribution in [1.29, 1.82) is 0 Å². The number of amides is 1. The fraction of sp³-hybridized carbons (Fsp3) is 0.556. The van der Waals surface area contributed by atoms with Crippen LogP contribution in [0.4, 0.5) is 0 Å². The number of piperazine rings is 1. The summed E-state index contributed by atoms with van der Waals surface area (Å²) in [5.41, 5.74) is 0.979. The van der Waals surface area contributed by atoms with Gasteiger partial charge in [0.15, 0.2) is 11.5 Å². The molecule has 0 aliphatic carbocycles. The van der Waals surface area contributed by atoms with Crippen molar-refractivity contribution in [3.63, 3.8) is 0 Å². The molecule has 0 N–H and O–H groups in total. The molecule has 1 fully saturated rings. The highest BCUT2D eigenvalue weighted by Crippen LogP contribution is 2.32. The molecule has 1 aromatic carbocycles. The number of ether oxygens (including phenoxy) is 2. The SMILES string of the molecule is CC(C)N1CCN(C(=O)CN2CCCCCCOc3ccccc3Oc3ncccc3C2)CC1. The molecular weight excluding hydrogens is 428 g/mol. The number of para-hydroxylation sites is 2. The lowest BCUT2D eigenvalue weighted by Gasteiger charge is -2.37. The standard InChI is InChI=1S/C27H38N4O3/c1-22(2)30-15-17-31(18-16-30)26(32)21-29-14-7-3-4-8-19-33-24-11-5-6-12-25(24)34-27-23(20-29)10-9-13-28-27/h5-6,9-13,22H,3-4,7-8,14-21H2,1-2H3. The first-order valence-corrected chi connectivity index (χ1v) is 12.7. The number of rotatable bonds is 3. The number of hydrogen-bond donors (Lipinski definition) is 0. The van der Waals surface area contributed by atoms with E-state index in [1.54, 1.807) is 6.20 Å². The Hall–Kier alpha value is -2.64. The molecule has 0 radical (unpaired) electrons. The molecule has 3 heterocycles. The summed E-state index contributed by atoms with van der Waals surface area (Å²) in [7, 11) is 0. The summed E-state index contributed by atoms with van der Waals surface area (Å²) in [6, 6.07) is 12.2. The van der Waals surface area contributed by atoms with E-state index < -0.39 is 0 Å². The van der Waals surface area contributed by atoms with Crippen LogP contribution in [0.5, 0.6) is 17.4 Å². The lowest BCUT2D eigenvalue weighted by atomic mass is 10.1. The quantitative estimate of drug-likeness (QED) is 0.676. The minimum Gasteiger partial charge on any atom is -0.490 e. The second-order valence-corrected chi connectivity index (χ2v) is 9.50. The van der Waals surface area contributed by atoms with Gasteiger partial charge in [-0.25, -0.2) is 4.98 Å². The maximum absolute atomic E-state index is 13.2. The molecule has 7 heteroatoms. The molecule has 1 amide bonds. The highest BCUT2D eigenvalue weighted by molar-refractivity contribution is 5.78. The predicted molar refractivity (Wildman–Crippen MR) is 133 cm³/mol. The summed E-state index contributed by atoms with van der Waals surface area (Å²) in [6.45, 7) is 10.6. The molecule has 184 valence electrons. The average Bonchev–Trinajstić information content (AvgIpc) is 2.85. The molecule has 0 spiro atoms. The average molecular weight is 467 g/mol. The predicted octanol–water partition coefficient (Wildman–Crippen LogP) is 4.18. The summed E-state index contributed by atoms with van der Waals surface area (Å²) in [5.74, 6) is 2.20. The number of pyridine rings is 1. The fourth-order valence-corrected chi connectivity index (χ4v) is 4.60. The van der Waals surface area contributed by atoms with Gasteiger partial charge >= 0.3 is 0 Å². The van der Waals surface area contributed by atoms with Gasteiger partial charge in [0, 0.05) is 50.5 Å². The normalized spacial score (nSPS) is 18.9. The third-order valence-corrected chi connectivity index (χ3v) is 6.68. The van der Waals surface area contributed by atoms with Crippen LogP contribution in [0.3, 0.4) is 0 Å². The number of aromatic nitrogens is 1. The van der Waals surface area contributed by atoms with Crippen LogP contribution in [-0.2, 0) is 11.3 Å². The zero-order valence-corrected chi connectivity index (χ0v) is 20.6. The zero-order valence-electron chi connectivity index (χ0n) is 20.6. The molecule has 1 saturated heterocycles. The largest absolute Gasteiger partial charge is 0.490 e. The van der Waals surface area contributed by atoms with Gasteiger partial charge in [-0.1, -0.05) is 31.0 Å². The minimum atomic E-state index is 0.217. The molecule has 1 aromatic heterocycles. The van der Waals surface area contributed by atoms with Gasteiger partial charge in [-0.2, -0.15) is 0 Å². The van der Waals surface area contributed by atoms with E-state index >= 15 is 0 Å². The number of hydrogen-bond acceptors (Lipinski definition) is 6. The van der Waals surface area contributed by atoms with Crippen molar-refractivity contribution in [2.75, 3.05) is 45.9 Å². The number of nitrogens with zero attached hydrogens (tertiary/aromatic N) is 4. The van der Waals surface area contributed by atoms with Gasteiger partial charge in [0.05, 0.1) is 13.2 Å². The first-order chi connectivity index (χ1) is 16.6. The van der Waals surface area contributed by atoms with Crippen LogP contribution in [0, 0.1) is 0 Å². The molecule has 0 bridgehead atoms. The highest BCUT2D eigenvalue weighted by Gasteiger charge is 2.24. The van der Waals surface area contributed by atoms with Crippen molar-refractivity contribution in [3.05, 3.63) is 48.2 Å². The Morgan fingerprint density at radius 3 is 2.50 bits per heavy atom. The second-order valence-electron chi connectivity index (χ2n) is 9.50. The lowest BCUT2D eigenvalue weighted by Crippen LogP contribution is -2.52. The van der Waals surface area contributed by atoms with Crippen molar-refractivity contribution >= 4 is 5.91 Å². The van der Waals surface area contributed by atoms with E-state index in [1.165, 1.54) is 0 Å². The summed E-state index contributed by atoms with van der Waals surface area (Å²) < 4.78 is 12.2. The van der Waals surface area contributed by atoms with Crippen LogP contribution in [0.1, 0.15) is 45.1 Å². The first-order valence-electron chi connectivity index (χ1n) is 12.7. The van der Waals surface area contributed by atoms with Crippen molar-refractivity contribution < 1.29 is 14.3 Å². The van der Waals surface area contributed by atoms with E-state index in [9.17, 15) is 4.79 Å². The Kier molecular flexibility index (Phi) is 8.77. The van der Waals surface area contributed by atoms with Crippen LogP contribution >= 0.6 is 0 Å². The van der Waals surface area contributed by atoms with Crippen LogP contribution < -0.4 is 9.47 Å². The Balaban J connectivity index is 1.48. The van der Waals surface area contributed by atoms with Crippen molar-refractivity contribution in [1.82, 2.24) is 19.7 Å². The first kappa shape index (κ1) is 24.5. The van der Waals surface area contributed by atoms with E-state index in [0.717, 1.165) is 69.7 Å². The third-order valence-electron chi connectivity index (χ3n) is 6.68. The lowest BCUT2D eigenvalue weighted by molar-refractivity contribution is -0.134. The number of benzene rings is 1. The van der Waals surface area contributed by atoms with Crippen LogP contribution in [0.15, 0.2) is 42.6 Å². The molecule has 2 aliphatic rings. The van der Waals surface area contributed by atoms with Gasteiger partial charge in [-0.05, 0) is 51.4 Å². The molecule has 2 aliphatic heterocycles. The third kappa shape index (κ3) is 6.70.